The Bertz CT molecular complexity index is 208. The molecular formula is C10H15F3O. The molecule has 0 fully saturated rings. The van der Waals surface area contributed by atoms with E-state index in [-0.39, 0.29) is 0 Å². The van der Waals surface area contributed by atoms with Gasteiger partial charge in [-0.25, -0.2) is 0 Å². The van der Waals surface area contributed by atoms with Crippen LogP contribution in [0.2, 0.25) is 0 Å². The number of halogens is 3. The molecule has 0 aromatic heterocycles. The van der Waals surface area contributed by atoms with Gasteiger partial charge >= 0.3 is 6.18 Å². The smallest absolute Gasteiger partial charge is 0.303 e. The van der Waals surface area contributed by atoms with E-state index in [1.165, 1.54) is 13.0 Å². The summed E-state index contributed by atoms with van der Waals surface area (Å²) in [6.45, 7) is 4.23. The van der Waals surface area contributed by atoms with Crippen molar-refractivity contribution in [2.24, 2.45) is 17.8 Å². The minimum atomic E-state index is -4.23. The highest BCUT2D eigenvalue weighted by Crippen LogP contribution is 2.34. The van der Waals surface area contributed by atoms with E-state index < -0.39 is 23.9 Å². The first-order chi connectivity index (χ1) is 6.34. The molecular weight excluding hydrogens is 193 g/mol. The zero-order valence-corrected chi connectivity index (χ0v) is 8.51. The Hall–Kier alpha value is -0.800. The molecule has 0 saturated heterocycles. The normalized spacial score (nSPS) is 19.3. The molecule has 0 aromatic rings. The lowest BCUT2D eigenvalue weighted by Crippen LogP contribution is -2.30. The third-order valence-corrected chi connectivity index (χ3v) is 2.48. The number of carbonyl (C=O) groups excluding carboxylic acids is 1. The van der Waals surface area contributed by atoms with Crippen molar-refractivity contribution >= 4 is 6.29 Å². The van der Waals surface area contributed by atoms with Crippen LogP contribution in [-0.2, 0) is 4.79 Å². The second-order valence-electron chi connectivity index (χ2n) is 3.43. The Labute approximate surface area is 82.0 Å². The van der Waals surface area contributed by atoms with Crippen LogP contribution in [0.15, 0.2) is 12.2 Å². The van der Waals surface area contributed by atoms with Gasteiger partial charge in [-0.15, -0.1) is 0 Å². The van der Waals surface area contributed by atoms with Gasteiger partial charge in [-0.2, -0.15) is 13.2 Å². The van der Waals surface area contributed by atoms with Crippen LogP contribution < -0.4 is 0 Å². The first-order valence-electron chi connectivity index (χ1n) is 4.49. The standard InChI is InChI=1S/C10H15F3O/c1-4-5-9(6-14)7(2)8(3)10(11,12)13/h4-9H,1-3H3/b5-4-/t7-,8-,9?/m1/s1. The molecule has 0 amide bonds. The fourth-order valence-corrected chi connectivity index (χ4v) is 1.20. The number of hydrogen-bond acceptors (Lipinski definition) is 1. The van der Waals surface area contributed by atoms with Crippen molar-refractivity contribution in [2.45, 2.75) is 26.9 Å². The Morgan fingerprint density at radius 2 is 1.71 bits per heavy atom. The van der Waals surface area contributed by atoms with Crippen LogP contribution in [0, 0.1) is 17.8 Å². The van der Waals surface area contributed by atoms with Gasteiger partial charge in [0.2, 0.25) is 0 Å². The second-order valence-corrected chi connectivity index (χ2v) is 3.43. The lowest BCUT2D eigenvalue weighted by molar-refractivity contribution is -0.184. The molecule has 0 bridgehead atoms. The fourth-order valence-electron chi connectivity index (χ4n) is 1.20. The van der Waals surface area contributed by atoms with E-state index in [0.717, 1.165) is 6.92 Å². The predicted molar refractivity (Wildman–Crippen MR) is 48.8 cm³/mol. The molecule has 0 aliphatic heterocycles. The predicted octanol–water partition coefficient (Wildman–Crippen LogP) is 3.21. The SMILES string of the molecule is C/C=C\C(C=O)[C@H](C)[C@@H](C)C(F)(F)F. The summed E-state index contributed by atoms with van der Waals surface area (Å²) in [6, 6.07) is 0. The first kappa shape index (κ1) is 13.2. The summed E-state index contributed by atoms with van der Waals surface area (Å²) >= 11 is 0. The van der Waals surface area contributed by atoms with Crippen molar-refractivity contribution in [2.75, 3.05) is 0 Å². The zero-order chi connectivity index (χ0) is 11.4. The Morgan fingerprint density at radius 1 is 1.21 bits per heavy atom. The molecule has 0 heterocycles. The molecule has 0 aliphatic rings. The highest BCUT2D eigenvalue weighted by atomic mass is 19.4. The molecule has 0 radical (unpaired) electrons. The molecule has 14 heavy (non-hydrogen) atoms. The van der Waals surface area contributed by atoms with Crippen LogP contribution in [0.3, 0.4) is 0 Å². The molecule has 0 rings (SSSR count). The fraction of sp³-hybridized carbons (Fsp3) is 0.700. The molecule has 0 N–H and O–H groups in total. The van der Waals surface area contributed by atoms with Crippen LogP contribution in [0.5, 0.6) is 0 Å². The summed E-state index contributed by atoms with van der Waals surface area (Å²) in [7, 11) is 0. The van der Waals surface area contributed by atoms with Gasteiger partial charge in [0.15, 0.2) is 0 Å². The summed E-state index contributed by atoms with van der Waals surface area (Å²) in [5.41, 5.74) is 0. The van der Waals surface area contributed by atoms with Crippen LogP contribution in [0.4, 0.5) is 13.2 Å². The molecule has 0 spiro atoms. The molecule has 82 valence electrons. The van der Waals surface area contributed by atoms with Gasteiger partial charge in [-0.3, -0.25) is 0 Å². The molecule has 0 aliphatic carbocycles. The van der Waals surface area contributed by atoms with Crippen molar-refractivity contribution in [1.82, 2.24) is 0 Å². The molecule has 0 saturated carbocycles. The van der Waals surface area contributed by atoms with Crippen LogP contribution in [0.25, 0.3) is 0 Å². The summed E-state index contributed by atoms with van der Waals surface area (Å²) in [4.78, 5) is 10.5. The van der Waals surface area contributed by atoms with E-state index in [9.17, 15) is 18.0 Å². The largest absolute Gasteiger partial charge is 0.391 e. The summed E-state index contributed by atoms with van der Waals surface area (Å²) in [5.74, 6) is -2.84. The van der Waals surface area contributed by atoms with Crippen molar-refractivity contribution in [3.63, 3.8) is 0 Å². The minimum absolute atomic E-state index is 0.562. The van der Waals surface area contributed by atoms with E-state index in [2.05, 4.69) is 0 Å². The number of alkyl halides is 3. The van der Waals surface area contributed by atoms with Crippen LogP contribution >= 0.6 is 0 Å². The first-order valence-corrected chi connectivity index (χ1v) is 4.49. The van der Waals surface area contributed by atoms with E-state index in [1.54, 1.807) is 13.0 Å². The summed E-state index contributed by atoms with van der Waals surface area (Å²) in [6.07, 6.45) is -0.576. The van der Waals surface area contributed by atoms with E-state index in [4.69, 9.17) is 0 Å². The van der Waals surface area contributed by atoms with E-state index >= 15 is 0 Å². The minimum Gasteiger partial charge on any atom is -0.303 e. The summed E-state index contributed by atoms with van der Waals surface area (Å²) in [5, 5.41) is 0. The highest BCUT2D eigenvalue weighted by Gasteiger charge is 2.41. The molecule has 4 heteroatoms. The van der Waals surface area contributed by atoms with Gasteiger partial charge in [0, 0.05) is 5.92 Å². The maximum Gasteiger partial charge on any atom is 0.391 e. The average molecular weight is 208 g/mol. The number of hydrogen-bond donors (Lipinski definition) is 0. The number of rotatable bonds is 4. The third kappa shape index (κ3) is 3.52. The van der Waals surface area contributed by atoms with E-state index in [1.807, 2.05) is 0 Å². The van der Waals surface area contributed by atoms with Crippen molar-refractivity contribution in [1.29, 1.82) is 0 Å². The Morgan fingerprint density at radius 3 is 2.00 bits per heavy atom. The highest BCUT2D eigenvalue weighted by molar-refractivity contribution is 5.57. The summed E-state index contributed by atoms with van der Waals surface area (Å²) < 4.78 is 36.9. The number of aldehydes is 1. The monoisotopic (exact) mass is 208 g/mol. The van der Waals surface area contributed by atoms with Gasteiger partial charge in [0.05, 0.1) is 5.92 Å². The molecule has 1 unspecified atom stereocenters. The van der Waals surface area contributed by atoms with Crippen molar-refractivity contribution in [3.05, 3.63) is 12.2 Å². The topological polar surface area (TPSA) is 17.1 Å². The van der Waals surface area contributed by atoms with Gasteiger partial charge in [0.25, 0.3) is 0 Å². The lowest BCUT2D eigenvalue weighted by atomic mass is 9.84. The van der Waals surface area contributed by atoms with Gasteiger partial charge in [-0.1, -0.05) is 26.0 Å². The van der Waals surface area contributed by atoms with Crippen LogP contribution in [-0.4, -0.2) is 12.5 Å². The second kappa shape index (κ2) is 5.17. The van der Waals surface area contributed by atoms with Crippen molar-refractivity contribution < 1.29 is 18.0 Å². The molecule has 1 nitrogen and oxygen atoms in total. The Kier molecular flexibility index (Phi) is 4.88. The van der Waals surface area contributed by atoms with Gasteiger partial charge < -0.3 is 4.79 Å². The maximum atomic E-state index is 12.3. The lowest BCUT2D eigenvalue weighted by Gasteiger charge is -2.25. The van der Waals surface area contributed by atoms with Gasteiger partial charge in [-0.05, 0) is 12.8 Å². The van der Waals surface area contributed by atoms with E-state index in [0.29, 0.717) is 6.29 Å². The quantitative estimate of drug-likeness (QED) is 0.512. The Balaban J connectivity index is 4.57. The van der Waals surface area contributed by atoms with Crippen molar-refractivity contribution in [3.8, 4) is 0 Å². The number of allylic oxidation sites excluding steroid dienone is 2. The van der Waals surface area contributed by atoms with Crippen LogP contribution in [0.1, 0.15) is 20.8 Å². The average Bonchev–Trinajstić information content (AvgIpc) is 2.10. The molecule has 0 aromatic carbocycles. The number of carbonyl (C=O) groups is 1. The van der Waals surface area contributed by atoms with Gasteiger partial charge in [0.1, 0.15) is 6.29 Å². The third-order valence-electron chi connectivity index (χ3n) is 2.48. The molecule has 3 atom stereocenters. The zero-order valence-electron chi connectivity index (χ0n) is 8.51. The maximum absolute atomic E-state index is 12.3.